The minimum Gasteiger partial charge on any atom is -0.378 e. The molecule has 2 aromatic carbocycles. The third-order valence-electron chi connectivity index (χ3n) is 4.60. The number of nitrogens with zero attached hydrogens (tertiary/aromatic N) is 3. The zero-order valence-electron chi connectivity index (χ0n) is 15.5. The average Bonchev–Trinajstić information content (AvgIpc) is 2.65. The van der Waals surface area contributed by atoms with Gasteiger partial charge in [0.15, 0.2) is 0 Å². The van der Waals surface area contributed by atoms with Gasteiger partial charge in [0, 0.05) is 31.9 Å². The fraction of sp³-hybridized carbons (Fsp3) is 0.182. The van der Waals surface area contributed by atoms with E-state index in [1.807, 2.05) is 0 Å². The highest BCUT2D eigenvalue weighted by Gasteiger charge is 2.10. The Morgan fingerprint density at radius 2 is 1.58 bits per heavy atom. The van der Waals surface area contributed by atoms with Gasteiger partial charge in [0.25, 0.3) is 0 Å². The van der Waals surface area contributed by atoms with Gasteiger partial charge in [-0.05, 0) is 41.5 Å². The first kappa shape index (κ1) is 16.7. The second kappa shape index (κ2) is 6.54. The number of aromatic nitrogens is 1. The first-order valence-corrected chi connectivity index (χ1v) is 9.46. The fourth-order valence-electron chi connectivity index (χ4n) is 3.02. The molecule has 0 N–H and O–H groups in total. The molecular weight excluding hydrogens is 338 g/mol. The molecular formula is C22H22N3S+. The molecule has 0 aromatic heterocycles. The molecule has 2 aromatic rings. The molecule has 4 rings (SSSR count). The first-order valence-electron chi connectivity index (χ1n) is 8.64. The summed E-state index contributed by atoms with van der Waals surface area (Å²) in [5.74, 6) is 0. The van der Waals surface area contributed by atoms with Gasteiger partial charge >= 0.3 is 0 Å². The molecule has 130 valence electrons. The van der Waals surface area contributed by atoms with Gasteiger partial charge in [-0.3, -0.25) is 0 Å². The van der Waals surface area contributed by atoms with Crippen molar-refractivity contribution in [1.82, 2.24) is 9.56 Å². The van der Waals surface area contributed by atoms with Gasteiger partial charge in [0.05, 0.1) is 20.8 Å². The van der Waals surface area contributed by atoms with Crippen molar-refractivity contribution in [2.75, 3.05) is 33.1 Å². The van der Waals surface area contributed by atoms with Crippen LogP contribution in [0.5, 0.6) is 0 Å². The Hall–Kier alpha value is -2.72. The van der Waals surface area contributed by atoms with Crippen LogP contribution in [0.15, 0.2) is 60.7 Å². The third-order valence-corrected chi connectivity index (χ3v) is 5.69. The van der Waals surface area contributed by atoms with Gasteiger partial charge in [-0.25, -0.2) is 9.56 Å². The van der Waals surface area contributed by atoms with Crippen molar-refractivity contribution in [3.8, 4) is 21.7 Å². The molecule has 1 aliphatic heterocycles. The normalized spacial score (nSPS) is 11.1. The zero-order chi connectivity index (χ0) is 18.3. The Morgan fingerprint density at radius 3 is 2.27 bits per heavy atom. The summed E-state index contributed by atoms with van der Waals surface area (Å²) in [5.41, 5.74) is 5.77. The highest BCUT2D eigenvalue weighted by atomic mass is 32.1. The Balaban J connectivity index is 1.84. The molecule has 4 heteroatoms. The minimum atomic E-state index is 1.05. The fourth-order valence-corrected chi connectivity index (χ4v) is 4.06. The van der Waals surface area contributed by atoms with E-state index in [0.717, 1.165) is 11.2 Å². The Morgan fingerprint density at radius 1 is 0.846 bits per heavy atom. The van der Waals surface area contributed by atoms with E-state index < -0.39 is 0 Å². The lowest BCUT2D eigenvalue weighted by Gasteiger charge is -2.13. The third kappa shape index (κ3) is 3.08. The molecule has 0 unspecified atom stereocenters. The van der Waals surface area contributed by atoms with Gasteiger partial charge < -0.3 is 4.90 Å². The lowest BCUT2D eigenvalue weighted by atomic mass is 10.1. The standard InChI is InChI=1S/C22H22N3S/c1-24(2)17-8-5-15(6-9-17)16-7-11-19-21(13-16)26-22-14-18(25(3)4)10-12-20(22)23-19/h5-14H,1-4H3/q+1. The van der Waals surface area contributed by atoms with Gasteiger partial charge in [-0.2, -0.15) is 0 Å². The minimum absolute atomic E-state index is 1.05. The summed E-state index contributed by atoms with van der Waals surface area (Å²) in [7, 11) is 8.25. The van der Waals surface area contributed by atoms with Crippen LogP contribution in [-0.2, 0) is 0 Å². The largest absolute Gasteiger partial charge is 0.378 e. The van der Waals surface area contributed by atoms with Crippen molar-refractivity contribution in [1.29, 1.82) is 0 Å². The van der Waals surface area contributed by atoms with E-state index in [0.29, 0.717) is 0 Å². The predicted octanol–water partition coefficient (Wildman–Crippen LogP) is 4.17. The molecule has 0 atom stereocenters. The Labute approximate surface area is 157 Å². The number of hydrogen-bond donors (Lipinski definition) is 0. The van der Waals surface area contributed by atoms with Crippen molar-refractivity contribution in [2.24, 2.45) is 0 Å². The van der Waals surface area contributed by atoms with Crippen LogP contribution in [0.3, 0.4) is 0 Å². The van der Waals surface area contributed by atoms with Crippen molar-refractivity contribution >= 4 is 27.2 Å². The molecule has 0 spiro atoms. The molecule has 0 saturated carbocycles. The van der Waals surface area contributed by atoms with Crippen LogP contribution in [0.4, 0.5) is 5.69 Å². The Kier molecular flexibility index (Phi) is 4.21. The average molecular weight is 361 g/mol. The molecule has 0 fully saturated rings. The summed E-state index contributed by atoms with van der Waals surface area (Å²) < 4.78 is 3.33. The molecule has 1 heterocycles. The maximum atomic E-state index is 4.84. The van der Waals surface area contributed by atoms with Crippen LogP contribution in [0.2, 0.25) is 0 Å². The molecule has 0 radical (unpaired) electrons. The lowest BCUT2D eigenvalue weighted by Crippen LogP contribution is -2.21. The van der Waals surface area contributed by atoms with E-state index in [1.165, 1.54) is 31.7 Å². The smallest absolute Gasteiger partial charge is 0.201 e. The van der Waals surface area contributed by atoms with E-state index in [-0.39, 0.29) is 0 Å². The Bertz CT molecular complexity index is 1120. The molecule has 3 nitrogen and oxygen atoms in total. The van der Waals surface area contributed by atoms with Gasteiger partial charge in [-0.1, -0.05) is 18.2 Å². The van der Waals surface area contributed by atoms with Gasteiger partial charge in [0.2, 0.25) is 5.36 Å². The SMILES string of the molecule is CN(C)c1ccc(-c2ccc3nc4ccc(=[N+](C)C)cc-4sc3c2)cc1. The zero-order valence-corrected chi connectivity index (χ0v) is 16.3. The predicted molar refractivity (Wildman–Crippen MR) is 113 cm³/mol. The molecule has 0 amide bonds. The van der Waals surface area contributed by atoms with Crippen LogP contribution in [0.25, 0.3) is 31.9 Å². The molecule has 0 saturated heterocycles. The van der Waals surface area contributed by atoms with Crippen molar-refractivity contribution in [3.05, 3.63) is 66.0 Å². The summed E-state index contributed by atoms with van der Waals surface area (Å²) in [5, 5.41) is 1.20. The summed E-state index contributed by atoms with van der Waals surface area (Å²) in [6.45, 7) is 0. The lowest BCUT2D eigenvalue weighted by molar-refractivity contribution is 0.814. The van der Waals surface area contributed by atoms with Gasteiger partial charge in [0.1, 0.15) is 14.1 Å². The maximum absolute atomic E-state index is 4.84. The highest BCUT2D eigenvalue weighted by molar-refractivity contribution is 7.21. The topological polar surface area (TPSA) is 19.1 Å². The van der Waals surface area contributed by atoms with Crippen LogP contribution in [0, 0.1) is 0 Å². The van der Waals surface area contributed by atoms with E-state index in [9.17, 15) is 0 Å². The molecule has 1 aliphatic carbocycles. The number of benzene rings is 3. The van der Waals surface area contributed by atoms with E-state index >= 15 is 0 Å². The van der Waals surface area contributed by atoms with Crippen LogP contribution >= 0.6 is 11.3 Å². The monoisotopic (exact) mass is 360 g/mol. The van der Waals surface area contributed by atoms with Crippen LogP contribution in [-0.4, -0.2) is 33.2 Å². The van der Waals surface area contributed by atoms with Gasteiger partial charge in [-0.15, -0.1) is 11.3 Å². The summed E-state index contributed by atoms with van der Waals surface area (Å²) >= 11 is 1.80. The van der Waals surface area contributed by atoms with E-state index in [4.69, 9.17) is 4.98 Å². The number of anilines is 1. The quantitative estimate of drug-likeness (QED) is 0.395. The van der Waals surface area contributed by atoms with Crippen LogP contribution in [0.1, 0.15) is 0 Å². The summed E-state index contributed by atoms with van der Waals surface area (Å²) in [6, 6.07) is 21.6. The molecule has 0 bridgehead atoms. The highest BCUT2D eigenvalue weighted by Crippen LogP contribution is 2.32. The maximum Gasteiger partial charge on any atom is 0.201 e. The van der Waals surface area contributed by atoms with Crippen molar-refractivity contribution in [3.63, 3.8) is 0 Å². The number of rotatable bonds is 2. The number of fused-ring (bicyclic) bond motifs is 2. The molecule has 26 heavy (non-hydrogen) atoms. The van der Waals surface area contributed by atoms with Crippen molar-refractivity contribution in [2.45, 2.75) is 0 Å². The van der Waals surface area contributed by atoms with Crippen molar-refractivity contribution < 1.29 is 0 Å². The molecule has 2 aliphatic rings. The van der Waals surface area contributed by atoms with Crippen LogP contribution < -0.4 is 14.8 Å². The summed E-state index contributed by atoms with van der Waals surface area (Å²) in [6.07, 6.45) is 0. The first-order chi connectivity index (χ1) is 12.5. The second-order valence-electron chi connectivity index (χ2n) is 6.88. The number of hydrogen-bond acceptors (Lipinski definition) is 3. The van der Waals surface area contributed by atoms with E-state index in [1.54, 1.807) is 11.3 Å². The second-order valence-corrected chi connectivity index (χ2v) is 7.97. The summed E-state index contributed by atoms with van der Waals surface area (Å²) in [4.78, 5) is 8.16. The van der Waals surface area contributed by atoms with E-state index in [2.05, 4.69) is 98.3 Å².